The van der Waals surface area contributed by atoms with E-state index in [1.54, 1.807) is 18.1 Å². The maximum atomic E-state index is 11.4. The van der Waals surface area contributed by atoms with Crippen molar-refractivity contribution in [2.24, 2.45) is 0 Å². The second kappa shape index (κ2) is 3.93. The van der Waals surface area contributed by atoms with Crippen LogP contribution < -0.4 is 5.32 Å². The predicted octanol–water partition coefficient (Wildman–Crippen LogP) is 1.20. The Morgan fingerprint density at radius 3 is 2.92 bits per heavy atom. The molecule has 0 spiro atoms. The second-order valence-corrected chi connectivity index (χ2v) is 2.87. The van der Waals surface area contributed by atoms with Crippen molar-refractivity contribution >= 4 is 11.8 Å². The Labute approximate surface area is 77.1 Å². The fourth-order valence-electron chi connectivity index (χ4n) is 0.819. The van der Waals surface area contributed by atoms with E-state index < -0.39 is 0 Å². The molecule has 0 unspecified atom stereocenters. The zero-order chi connectivity index (χ0) is 9.84. The molecule has 0 fully saturated rings. The summed E-state index contributed by atoms with van der Waals surface area (Å²) in [5.74, 6) is 0.658. The molecule has 2 N–H and O–H groups in total. The average Bonchev–Trinajstić information content (AvgIpc) is 2.50. The minimum atomic E-state index is -0.130. The van der Waals surface area contributed by atoms with Crippen LogP contribution in [0, 0.1) is 6.92 Å². The van der Waals surface area contributed by atoms with Gasteiger partial charge in [0.05, 0.1) is 6.20 Å². The van der Waals surface area contributed by atoms with Crippen molar-refractivity contribution in [1.29, 1.82) is 0 Å². The summed E-state index contributed by atoms with van der Waals surface area (Å²) >= 11 is 0. The first-order valence-corrected chi connectivity index (χ1v) is 4.17. The summed E-state index contributed by atoms with van der Waals surface area (Å²) in [6.07, 6.45) is 1.67. The summed E-state index contributed by atoms with van der Waals surface area (Å²) in [6, 6.07) is -0.130. The largest absolute Gasteiger partial charge is 0.328 e. The van der Waals surface area contributed by atoms with Crippen molar-refractivity contribution in [3.8, 4) is 0 Å². The molecule has 0 saturated heterocycles. The van der Waals surface area contributed by atoms with E-state index in [1.165, 1.54) is 0 Å². The Morgan fingerprint density at radius 1 is 1.77 bits per heavy atom. The molecule has 2 amide bonds. The highest BCUT2D eigenvalue weighted by Crippen LogP contribution is 2.08. The summed E-state index contributed by atoms with van der Waals surface area (Å²) < 4.78 is 0. The van der Waals surface area contributed by atoms with Gasteiger partial charge < -0.3 is 4.90 Å². The third kappa shape index (κ3) is 2.21. The van der Waals surface area contributed by atoms with Gasteiger partial charge in [-0.25, -0.2) is 4.79 Å². The number of hydrogen-bond acceptors (Lipinski definition) is 2. The minimum Gasteiger partial charge on any atom is -0.328 e. The molecule has 0 bridgehead atoms. The lowest BCUT2D eigenvalue weighted by atomic mass is 10.4. The molecule has 0 aliphatic carbocycles. The Kier molecular flexibility index (Phi) is 2.89. The summed E-state index contributed by atoms with van der Waals surface area (Å²) in [7, 11) is 1.74. The van der Waals surface area contributed by atoms with Crippen LogP contribution in [0.5, 0.6) is 0 Å². The molecule has 0 atom stereocenters. The molecule has 5 nitrogen and oxygen atoms in total. The van der Waals surface area contributed by atoms with Gasteiger partial charge in [-0.2, -0.15) is 5.10 Å². The van der Waals surface area contributed by atoms with E-state index >= 15 is 0 Å². The topological polar surface area (TPSA) is 61.0 Å². The maximum absolute atomic E-state index is 11.4. The lowest BCUT2D eigenvalue weighted by Gasteiger charge is -2.14. The molecule has 0 aromatic carbocycles. The highest BCUT2D eigenvalue weighted by molar-refractivity contribution is 5.88. The van der Waals surface area contributed by atoms with E-state index in [0.717, 1.165) is 5.56 Å². The van der Waals surface area contributed by atoms with Gasteiger partial charge in [0.25, 0.3) is 0 Å². The molecular formula is C8H14N4O. The number of carbonyl (C=O) groups excluding carboxylic acids is 1. The molecule has 13 heavy (non-hydrogen) atoms. The first-order chi connectivity index (χ1) is 6.15. The van der Waals surface area contributed by atoms with Gasteiger partial charge in [0.1, 0.15) is 5.82 Å². The molecule has 5 heteroatoms. The standard InChI is InChI=1S/C8H14N4O/c1-4-12(3)8(13)10-7-6(2)5-9-11-7/h5H,4H2,1-3H3,(H2,9,10,11,13). The van der Waals surface area contributed by atoms with Crippen molar-refractivity contribution in [3.05, 3.63) is 11.8 Å². The van der Waals surface area contributed by atoms with Crippen LogP contribution in [0.25, 0.3) is 0 Å². The summed E-state index contributed by atoms with van der Waals surface area (Å²) in [5.41, 5.74) is 0.929. The molecule has 0 saturated carbocycles. The van der Waals surface area contributed by atoms with Gasteiger partial charge in [-0.1, -0.05) is 0 Å². The number of anilines is 1. The summed E-state index contributed by atoms with van der Waals surface area (Å²) in [4.78, 5) is 12.9. The SMILES string of the molecule is CCN(C)C(=O)Nc1[nH]ncc1C. The van der Waals surface area contributed by atoms with Gasteiger partial charge in [0, 0.05) is 19.2 Å². The third-order valence-electron chi connectivity index (χ3n) is 1.88. The van der Waals surface area contributed by atoms with Crippen molar-refractivity contribution in [2.75, 3.05) is 18.9 Å². The smallest absolute Gasteiger partial charge is 0.322 e. The molecular weight excluding hydrogens is 168 g/mol. The fraction of sp³-hybridized carbons (Fsp3) is 0.500. The molecule has 0 aliphatic heterocycles. The van der Waals surface area contributed by atoms with Crippen molar-refractivity contribution in [3.63, 3.8) is 0 Å². The number of urea groups is 1. The Balaban J connectivity index is 2.60. The molecule has 1 heterocycles. The van der Waals surface area contributed by atoms with E-state index in [9.17, 15) is 4.79 Å². The van der Waals surface area contributed by atoms with E-state index in [1.807, 2.05) is 13.8 Å². The van der Waals surface area contributed by atoms with Crippen LogP contribution in [0.1, 0.15) is 12.5 Å². The molecule has 1 aromatic heterocycles. The highest BCUT2D eigenvalue weighted by Gasteiger charge is 2.08. The summed E-state index contributed by atoms with van der Waals surface area (Å²) in [5, 5.41) is 9.22. The van der Waals surface area contributed by atoms with Gasteiger partial charge in [0.2, 0.25) is 0 Å². The Morgan fingerprint density at radius 2 is 2.46 bits per heavy atom. The van der Waals surface area contributed by atoms with Crippen LogP contribution >= 0.6 is 0 Å². The van der Waals surface area contributed by atoms with E-state index in [0.29, 0.717) is 12.4 Å². The minimum absolute atomic E-state index is 0.130. The fourth-order valence-corrected chi connectivity index (χ4v) is 0.819. The highest BCUT2D eigenvalue weighted by atomic mass is 16.2. The van der Waals surface area contributed by atoms with Crippen molar-refractivity contribution in [2.45, 2.75) is 13.8 Å². The van der Waals surface area contributed by atoms with Gasteiger partial charge >= 0.3 is 6.03 Å². The van der Waals surface area contributed by atoms with Crippen LogP contribution in [0.15, 0.2) is 6.20 Å². The number of nitrogens with one attached hydrogen (secondary N) is 2. The number of carbonyl (C=O) groups is 1. The lowest BCUT2D eigenvalue weighted by Crippen LogP contribution is -2.31. The predicted molar refractivity (Wildman–Crippen MR) is 50.6 cm³/mol. The lowest BCUT2D eigenvalue weighted by molar-refractivity contribution is 0.224. The molecule has 1 rings (SSSR count). The van der Waals surface area contributed by atoms with Gasteiger partial charge in [0.15, 0.2) is 0 Å². The van der Waals surface area contributed by atoms with E-state index in [4.69, 9.17) is 0 Å². The number of H-pyrrole nitrogens is 1. The van der Waals surface area contributed by atoms with Crippen LogP contribution in [-0.4, -0.2) is 34.7 Å². The Hall–Kier alpha value is -1.52. The number of aryl methyl sites for hydroxylation is 1. The van der Waals surface area contributed by atoms with Crippen LogP contribution in [-0.2, 0) is 0 Å². The van der Waals surface area contributed by atoms with Crippen LogP contribution in [0.3, 0.4) is 0 Å². The van der Waals surface area contributed by atoms with E-state index in [2.05, 4.69) is 15.5 Å². The monoisotopic (exact) mass is 182 g/mol. The number of nitrogens with zero attached hydrogens (tertiary/aromatic N) is 2. The normalized spacial score (nSPS) is 9.77. The third-order valence-corrected chi connectivity index (χ3v) is 1.88. The Bertz CT molecular complexity index is 294. The number of rotatable bonds is 2. The molecule has 1 aromatic rings. The van der Waals surface area contributed by atoms with E-state index in [-0.39, 0.29) is 6.03 Å². The van der Waals surface area contributed by atoms with Crippen molar-refractivity contribution < 1.29 is 4.79 Å². The number of amides is 2. The van der Waals surface area contributed by atoms with Crippen LogP contribution in [0.2, 0.25) is 0 Å². The molecule has 0 radical (unpaired) electrons. The van der Waals surface area contributed by atoms with Gasteiger partial charge in [-0.15, -0.1) is 0 Å². The quantitative estimate of drug-likeness (QED) is 0.722. The first-order valence-electron chi connectivity index (χ1n) is 4.17. The zero-order valence-corrected chi connectivity index (χ0v) is 8.09. The maximum Gasteiger partial charge on any atom is 0.322 e. The zero-order valence-electron chi connectivity index (χ0n) is 8.09. The summed E-state index contributed by atoms with van der Waals surface area (Å²) in [6.45, 7) is 4.48. The van der Waals surface area contributed by atoms with Crippen molar-refractivity contribution in [1.82, 2.24) is 15.1 Å². The molecule has 72 valence electrons. The first kappa shape index (κ1) is 9.57. The van der Waals surface area contributed by atoms with Crippen LogP contribution in [0.4, 0.5) is 10.6 Å². The van der Waals surface area contributed by atoms with Gasteiger partial charge in [-0.05, 0) is 13.8 Å². The average molecular weight is 182 g/mol. The number of hydrogen-bond donors (Lipinski definition) is 2. The van der Waals surface area contributed by atoms with Gasteiger partial charge in [-0.3, -0.25) is 10.4 Å². The number of aromatic nitrogens is 2. The second-order valence-electron chi connectivity index (χ2n) is 2.87. The molecule has 0 aliphatic rings. The number of aromatic amines is 1.